The van der Waals surface area contributed by atoms with Crippen LogP contribution in [-0.4, -0.2) is 117 Å². The number of benzene rings is 1. The molecule has 2 aliphatic rings. The van der Waals surface area contributed by atoms with Crippen molar-refractivity contribution in [1.82, 2.24) is 14.7 Å². The first-order valence-electron chi connectivity index (χ1n) is 11.9. The first-order valence-corrected chi connectivity index (χ1v) is 11.9. The van der Waals surface area contributed by atoms with Crippen LogP contribution in [0.3, 0.4) is 0 Å². The number of β-amino-alcohol motifs (C(OH)–C–C–N with tert-alkyl or cyclic N) is 1. The Morgan fingerprint density at radius 3 is 2.79 bits per heavy atom. The second-order valence-electron chi connectivity index (χ2n) is 8.79. The van der Waals surface area contributed by atoms with Crippen LogP contribution in [0.25, 0.3) is 0 Å². The highest BCUT2D eigenvalue weighted by Gasteiger charge is 2.26. The summed E-state index contributed by atoms with van der Waals surface area (Å²) in [4.78, 5) is 19.5. The smallest absolute Gasteiger partial charge is 0.227 e. The van der Waals surface area contributed by atoms with Crippen LogP contribution in [0, 0.1) is 0 Å². The summed E-state index contributed by atoms with van der Waals surface area (Å²) in [5.74, 6) is 0.977. The fourth-order valence-corrected chi connectivity index (χ4v) is 4.42. The van der Waals surface area contributed by atoms with Crippen molar-refractivity contribution in [2.24, 2.45) is 0 Å². The minimum absolute atomic E-state index is 0.113. The molecule has 2 atom stereocenters. The quantitative estimate of drug-likeness (QED) is 0.390. The molecule has 2 heterocycles. The van der Waals surface area contributed by atoms with E-state index in [0.717, 1.165) is 63.5 Å². The molecule has 33 heavy (non-hydrogen) atoms. The Labute approximate surface area is 197 Å². The van der Waals surface area contributed by atoms with Crippen LogP contribution in [-0.2, 0) is 20.7 Å². The predicted molar refractivity (Wildman–Crippen MR) is 128 cm³/mol. The maximum atomic E-state index is 12.8. The van der Waals surface area contributed by atoms with E-state index in [4.69, 9.17) is 14.2 Å². The molecule has 184 valence electrons. The van der Waals surface area contributed by atoms with Crippen molar-refractivity contribution in [1.29, 1.82) is 0 Å². The van der Waals surface area contributed by atoms with E-state index in [9.17, 15) is 9.90 Å². The Bertz CT molecular complexity index is 729. The Kier molecular flexibility index (Phi) is 10.6. The van der Waals surface area contributed by atoms with Crippen LogP contribution >= 0.6 is 0 Å². The fraction of sp³-hybridized carbons (Fsp3) is 0.640. The molecule has 0 aromatic heterocycles. The SMILES string of the molecule is C=CCOC[C@H](O)CN1CCO[C@@H](CN2CCCN(C(=O)Cc3ccc(OC)cc3)CC2)C1. The molecule has 0 aliphatic carbocycles. The van der Waals surface area contributed by atoms with Gasteiger partial charge in [-0.3, -0.25) is 14.6 Å². The molecule has 3 rings (SSSR count). The van der Waals surface area contributed by atoms with Gasteiger partial charge in [0.2, 0.25) is 5.91 Å². The molecular weight excluding hydrogens is 422 g/mol. The van der Waals surface area contributed by atoms with Crippen LogP contribution < -0.4 is 4.74 Å². The highest BCUT2D eigenvalue weighted by molar-refractivity contribution is 5.78. The Balaban J connectivity index is 1.40. The molecule has 1 aromatic carbocycles. The molecule has 0 unspecified atom stereocenters. The fourth-order valence-electron chi connectivity index (χ4n) is 4.42. The van der Waals surface area contributed by atoms with Gasteiger partial charge in [-0.15, -0.1) is 6.58 Å². The number of hydrogen-bond donors (Lipinski definition) is 1. The van der Waals surface area contributed by atoms with Crippen LogP contribution in [0.2, 0.25) is 0 Å². The second-order valence-corrected chi connectivity index (χ2v) is 8.79. The first kappa shape index (κ1) is 25.6. The molecule has 8 nitrogen and oxygen atoms in total. The predicted octanol–water partition coefficient (Wildman–Crippen LogP) is 1.04. The molecule has 0 radical (unpaired) electrons. The molecule has 1 N–H and O–H groups in total. The Hall–Kier alpha value is -1.97. The number of ether oxygens (including phenoxy) is 3. The molecule has 2 aliphatic heterocycles. The Morgan fingerprint density at radius 1 is 1.21 bits per heavy atom. The maximum absolute atomic E-state index is 12.8. The molecule has 2 fully saturated rings. The summed E-state index contributed by atoms with van der Waals surface area (Å²) in [6.07, 6.45) is 2.67. The number of carbonyl (C=O) groups excluding carboxylic acids is 1. The summed E-state index contributed by atoms with van der Waals surface area (Å²) < 4.78 is 16.5. The van der Waals surface area contributed by atoms with E-state index in [0.29, 0.717) is 32.8 Å². The van der Waals surface area contributed by atoms with Gasteiger partial charge in [0.1, 0.15) is 5.75 Å². The summed E-state index contributed by atoms with van der Waals surface area (Å²) in [5, 5.41) is 10.2. The third-order valence-electron chi connectivity index (χ3n) is 6.16. The average molecular weight is 462 g/mol. The average Bonchev–Trinajstić information content (AvgIpc) is 3.05. The number of nitrogens with zero attached hydrogens (tertiary/aromatic N) is 3. The van der Waals surface area contributed by atoms with Crippen molar-refractivity contribution >= 4 is 5.91 Å². The van der Waals surface area contributed by atoms with Crippen molar-refractivity contribution in [3.05, 3.63) is 42.5 Å². The lowest BCUT2D eigenvalue weighted by Crippen LogP contribution is -2.50. The summed E-state index contributed by atoms with van der Waals surface area (Å²) >= 11 is 0. The number of rotatable bonds is 11. The number of hydrogen-bond acceptors (Lipinski definition) is 7. The monoisotopic (exact) mass is 461 g/mol. The normalized spacial score (nSPS) is 21.4. The van der Waals surface area contributed by atoms with E-state index in [2.05, 4.69) is 16.4 Å². The van der Waals surface area contributed by atoms with Crippen molar-refractivity contribution in [3.8, 4) is 5.75 Å². The van der Waals surface area contributed by atoms with Crippen molar-refractivity contribution in [2.45, 2.75) is 25.0 Å². The van der Waals surface area contributed by atoms with Gasteiger partial charge in [-0.25, -0.2) is 0 Å². The number of methoxy groups -OCH3 is 1. The highest BCUT2D eigenvalue weighted by Crippen LogP contribution is 2.14. The molecule has 0 bridgehead atoms. The number of morpholine rings is 1. The number of aliphatic hydroxyl groups excluding tert-OH is 1. The molecule has 0 saturated carbocycles. The maximum Gasteiger partial charge on any atom is 0.227 e. The van der Waals surface area contributed by atoms with Crippen LogP contribution in [0.5, 0.6) is 5.75 Å². The minimum atomic E-state index is -0.507. The zero-order valence-electron chi connectivity index (χ0n) is 19.9. The second kappa shape index (κ2) is 13.7. The van der Waals surface area contributed by atoms with E-state index in [1.165, 1.54) is 0 Å². The van der Waals surface area contributed by atoms with Crippen LogP contribution in [0.15, 0.2) is 36.9 Å². The Morgan fingerprint density at radius 2 is 2.03 bits per heavy atom. The lowest BCUT2D eigenvalue weighted by Gasteiger charge is -2.36. The van der Waals surface area contributed by atoms with Gasteiger partial charge in [-0.05, 0) is 30.7 Å². The van der Waals surface area contributed by atoms with Crippen molar-refractivity contribution in [3.63, 3.8) is 0 Å². The summed E-state index contributed by atoms with van der Waals surface area (Å²) in [7, 11) is 1.64. The topological polar surface area (TPSA) is 74.7 Å². The molecule has 0 spiro atoms. The molecule has 8 heteroatoms. The lowest BCUT2D eigenvalue weighted by molar-refractivity contribution is -0.130. The third-order valence-corrected chi connectivity index (χ3v) is 6.16. The first-order chi connectivity index (χ1) is 16.1. The van der Waals surface area contributed by atoms with Crippen molar-refractivity contribution in [2.75, 3.05) is 79.3 Å². The van der Waals surface area contributed by atoms with Crippen LogP contribution in [0.1, 0.15) is 12.0 Å². The number of carbonyl (C=O) groups is 1. The highest BCUT2D eigenvalue weighted by atomic mass is 16.5. The summed E-state index contributed by atoms with van der Waals surface area (Å²) in [6, 6.07) is 7.70. The van der Waals surface area contributed by atoms with Gasteiger partial charge in [0.15, 0.2) is 0 Å². The van der Waals surface area contributed by atoms with Gasteiger partial charge in [0, 0.05) is 45.8 Å². The zero-order valence-corrected chi connectivity index (χ0v) is 19.9. The van der Waals surface area contributed by atoms with E-state index in [1.807, 2.05) is 29.2 Å². The van der Waals surface area contributed by atoms with Gasteiger partial charge in [0.25, 0.3) is 0 Å². The van der Waals surface area contributed by atoms with Gasteiger partial charge in [-0.2, -0.15) is 0 Å². The largest absolute Gasteiger partial charge is 0.497 e. The van der Waals surface area contributed by atoms with E-state index in [1.54, 1.807) is 13.2 Å². The number of amides is 1. The summed E-state index contributed by atoms with van der Waals surface area (Å²) in [5.41, 5.74) is 1.01. The van der Waals surface area contributed by atoms with Gasteiger partial charge < -0.3 is 24.2 Å². The third kappa shape index (κ3) is 8.72. The van der Waals surface area contributed by atoms with Gasteiger partial charge >= 0.3 is 0 Å². The number of aliphatic hydroxyl groups is 1. The standard InChI is InChI=1S/C25H39N3O5/c1-3-14-32-20-22(29)17-27-13-15-33-24(19-27)18-26-9-4-10-28(12-11-26)25(30)16-21-5-7-23(31-2)8-6-21/h3,5-8,22,24,29H,1,4,9-20H2,2H3/t22-,24+/m1/s1. The van der Waals surface area contributed by atoms with E-state index in [-0.39, 0.29) is 12.0 Å². The van der Waals surface area contributed by atoms with Crippen molar-refractivity contribution < 1.29 is 24.1 Å². The van der Waals surface area contributed by atoms with E-state index < -0.39 is 6.10 Å². The molecular formula is C25H39N3O5. The van der Waals surface area contributed by atoms with Crippen LogP contribution in [0.4, 0.5) is 0 Å². The van der Waals surface area contributed by atoms with E-state index >= 15 is 0 Å². The zero-order chi connectivity index (χ0) is 23.5. The van der Waals surface area contributed by atoms with Gasteiger partial charge in [0.05, 0.1) is 45.6 Å². The molecule has 1 aromatic rings. The minimum Gasteiger partial charge on any atom is -0.497 e. The summed E-state index contributed by atoms with van der Waals surface area (Å²) in [6.45, 7) is 11.5. The molecule has 2 saturated heterocycles. The lowest BCUT2D eigenvalue weighted by atomic mass is 10.1. The van der Waals surface area contributed by atoms with Gasteiger partial charge in [-0.1, -0.05) is 18.2 Å². The molecule has 1 amide bonds.